The van der Waals surface area contributed by atoms with E-state index >= 15 is 0 Å². The van der Waals surface area contributed by atoms with Gasteiger partial charge in [0.25, 0.3) is 6.43 Å². The van der Waals surface area contributed by atoms with E-state index in [2.05, 4.69) is 29.4 Å². The van der Waals surface area contributed by atoms with Crippen LogP contribution in [0.3, 0.4) is 0 Å². The first-order chi connectivity index (χ1) is 10.2. The van der Waals surface area contributed by atoms with E-state index in [0.29, 0.717) is 0 Å². The first-order valence-electron chi connectivity index (χ1n) is 7.33. The predicted molar refractivity (Wildman–Crippen MR) is 84.4 cm³/mol. The number of hydrogen-bond acceptors (Lipinski definition) is 2. The summed E-state index contributed by atoms with van der Waals surface area (Å²) in [5.74, 6) is 0. The van der Waals surface area contributed by atoms with E-state index < -0.39 is 6.43 Å². The summed E-state index contributed by atoms with van der Waals surface area (Å²) in [5, 5.41) is 1.23. The van der Waals surface area contributed by atoms with E-state index in [0.717, 1.165) is 31.3 Å². The van der Waals surface area contributed by atoms with Crippen molar-refractivity contribution in [2.45, 2.75) is 36.6 Å². The molecule has 0 bridgehead atoms. The van der Waals surface area contributed by atoms with Crippen molar-refractivity contribution >= 4 is 22.7 Å². The fourth-order valence-electron chi connectivity index (χ4n) is 3.25. The molecule has 2 heterocycles. The SMILES string of the molecule is CSc1ccc2[nH]cc(C[C@H]3CCCN3CC(F)F)c2c1. The number of fused-ring (bicyclic) bond motifs is 1. The molecule has 1 aliphatic rings. The molecule has 0 radical (unpaired) electrons. The van der Waals surface area contributed by atoms with Gasteiger partial charge in [-0.25, -0.2) is 8.78 Å². The summed E-state index contributed by atoms with van der Waals surface area (Å²) >= 11 is 1.72. The second kappa shape index (κ2) is 6.36. The number of rotatable bonds is 5. The number of halogens is 2. The molecule has 2 aromatic rings. The van der Waals surface area contributed by atoms with E-state index in [1.807, 2.05) is 11.1 Å². The minimum Gasteiger partial charge on any atom is -0.361 e. The van der Waals surface area contributed by atoms with Crippen LogP contribution in [-0.4, -0.2) is 41.7 Å². The highest BCUT2D eigenvalue weighted by molar-refractivity contribution is 7.98. The number of alkyl halides is 2. The summed E-state index contributed by atoms with van der Waals surface area (Å²) in [5.41, 5.74) is 2.37. The normalized spacial score (nSPS) is 19.9. The molecule has 0 aliphatic carbocycles. The molecule has 3 rings (SSSR count). The fourth-order valence-corrected chi connectivity index (χ4v) is 3.69. The Balaban J connectivity index is 1.80. The zero-order valence-corrected chi connectivity index (χ0v) is 12.9. The molecular weight excluding hydrogens is 290 g/mol. The maximum Gasteiger partial charge on any atom is 0.251 e. The summed E-state index contributed by atoms with van der Waals surface area (Å²) in [6.45, 7) is 0.705. The largest absolute Gasteiger partial charge is 0.361 e. The van der Waals surface area contributed by atoms with Crippen LogP contribution in [0.15, 0.2) is 29.3 Å². The standard InChI is InChI=1S/C16H20F2N2S/c1-21-13-4-5-15-14(8-13)11(9-19-15)7-12-3-2-6-20(12)10-16(17)18/h4-5,8-9,12,16,19H,2-3,6-7,10H2,1H3/t12-/m1/s1. The molecule has 114 valence electrons. The van der Waals surface area contributed by atoms with Crippen molar-refractivity contribution < 1.29 is 8.78 Å². The quantitative estimate of drug-likeness (QED) is 0.836. The number of benzene rings is 1. The number of H-pyrrole nitrogens is 1. The van der Waals surface area contributed by atoms with E-state index in [1.165, 1.54) is 15.8 Å². The van der Waals surface area contributed by atoms with E-state index in [9.17, 15) is 8.78 Å². The second-order valence-electron chi connectivity index (χ2n) is 5.61. The Morgan fingerprint density at radius 1 is 1.43 bits per heavy atom. The Hall–Kier alpha value is -1.07. The summed E-state index contributed by atoms with van der Waals surface area (Å²) in [7, 11) is 0. The molecule has 1 N–H and O–H groups in total. The third kappa shape index (κ3) is 3.24. The van der Waals surface area contributed by atoms with E-state index in [4.69, 9.17) is 0 Å². The zero-order chi connectivity index (χ0) is 14.8. The smallest absolute Gasteiger partial charge is 0.251 e. The minimum absolute atomic E-state index is 0.0942. The number of aromatic amines is 1. The first kappa shape index (κ1) is 14.9. The fraction of sp³-hybridized carbons (Fsp3) is 0.500. The predicted octanol–water partition coefficient (Wildman–Crippen LogP) is 4.16. The van der Waals surface area contributed by atoms with Crippen LogP contribution in [0, 0.1) is 0 Å². The number of nitrogens with zero attached hydrogens (tertiary/aromatic N) is 1. The molecule has 0 spiro atoms. The van der Waals surface area contributed by atoms with Crippen molar-refractivity contribution in [3.63, 3.8) is 0 Å². The van der Waals surface area contributed by atoms with E-state index in [1.54, 1.807) is 11.8 Å². The van der Waals surface area contributed by atoms with Crippen molar-refractivity contribution in [1.29, 1.82) is 0 Å². The van der Waals surface area contributed by atoms with Gasteiger partial charge < -0.3 is 4.98 Å². The summed E-state index contributed by atoms with van der Waals surface area (Å²) in [4.78, 5) is 6.47. The summed E-state index contributed by atoms with van der Waals surface area (Å²) in [6.07, 6.45) is 4.75. The lowest BCUT2D eigenvalue weighted by Gasteiger charge is -2.23. The molecule has 1 saturated heterocycles. The van der Waals surface area contributed by atoms with Crippen molar-refractivity contribution in [1.82, 2.24) is 9.88 Å². The first-order valence-corrected chi connectivity index (χ1v) is 8.56. The number of thioether (sulfide) groups is 1. The Morgan fingerprint density at radius 2 is 2.29 bits per heavy atom. The molecule has 1 aliphatic heterocycles. The van der Waals surface area contributed by atoms with Crippen LogP contribution >= 0.6 is 11.8 Å². The highest BCUT2D eigenvalue weighted by Gasteiger charge is 2.27. The van der Waals surface area contributed by atoms with Gasteiger partial charge in [0.2, 0.25) is 0 Å². The molecule has 1 aromatic carbocycles. The molecule has 0 amide bonds. The number of likely N-dealkylation sites (tertiary alicyclic amines) is 1. The maximum absolute atomic E-state index is 12.6. The molecule has 21 heavy (non-hydrogen) atoms. The van der Waals surface area contributed by atoms with Crippen LogP contribution < -0.4 is 0 Å². The average Bonchev–Trinajstić information content (AvgIpc) is 3.06. The number of hydrogen-bond donors (Lipinski definition) is 1. The molecule has 1 atom stereocenters. The lowest BCUT2D eigenvalue weighted by atomic mass is 10.0. The van der Waals surface area contributed by atoms with Gasteiger partial charge in [-0.2, -0.15) is 0 Å². The van der Waals surface area contributed by atoms with Crippen LogP contribution in [0.5, 0.6) is 0 Å². The second-order valence-corrected chi connectivity index (χ2v) is 6.49. The Kier molecular flexibility index (Phi) is 4.50. The van der Waals surface area contributed by atoms with Crippen LogP contribution in [0.2, 0.25) is 0 Å². The highest BCUT2D eigenvalue weighted by Crippen LogP contribution is 2.28. The monoisotopic (exact) mass is 310 g/mol. The van der Waals surface area contributed by atoms with Gasteiger partial charge in [0.05, 0.1) is 6.54 Å². The molecule has 2 nitrogen and oxygen atoms in total. The molecule has 5 heteroatoms. The molecule has 0 saturated carbocycles. The highest BCUT2D eigenvalue weighted by atomic mass is 32.2. The van der Waals surface area contributed by atoms with Gasteiger partial charge in [-0.15, -0.1) is 11.8 Å². The third-order valence-corrected chi connectivity index (χ3v) is 5.03. The maximum atomic E-state index is 12.6. The molecule has 1 fully saturated rings. The number of aromatic nitrogens is 1. The van der Waals surface area contributed by atoms with Crippen LogP contribution in [0.1, 0.15) is 18.4 Å². The van der Waals surface area contributed by atoms with Crippen LogP contribution in [-0.2, 0) is 6.42 Å². The Morgan fingerprint density at radius 3 is 3.05 bits per heavy atom. The van der Waals surface area contributed by atoms with Gasteiger partial charge >= 0.3 is 0 Å². The summed E-state index contributed by atoms with van der Waals surface area (Å²) < 4.78 is 25.3. The van der Waals surface area contributed by atoms with Crippen LogP contribution in [0.25, 0.3) is 10.9 Å². The van der Waals surface area contributed by atoms with Crippen molar-refractivity contribution in [3.05, 3.63) is 30.0 Å². The lowest BCUT2D eigenvalue weighted by molar-refractivity contribution is 0.0823. The average molecular weight is 310 g/mol. The van der Waals surface area contributed by atoms with Crippen molar-refractivity contribution in [2.24, 2.45) is 0 Å². The number of nitrogens with one attached hydrogen (secondary N) is 1. The Labute approximate surface area is 127 Å². The van der Waals surface area contributed by atoms with Gasteiger partial charge in [0.15, 0.2) is 0 Å². The topological polar surface area (TPSA) is 19.0 Å². The van der Waals surface area contributed by atoms with Gasteiger partial charge in [0, 0.05) is 28.0 Å². The minimum atomic E-state index is -2.24. The summed E-state index contributed by atoms with van der Waals surface area (Å²) in [6, 6.07) is 6.64. The van der Waals surface area contributed by atoms with Gasteiger partial charge in [0.1, 0.15) is 0 Å². The van der Waals surface area contributed by atoms with Crippen LogP contribution in [0.4, 0.5) is 8.78 Å². The molecule has 1 aromatic heterocycles. The Bertz CT molecular complexity index is 611. The van der Waals surface area contributed by atoms with Crippen molar-refractivity contribution in [3.8, 4) is 0 Å². The van der Waals surface area contributed by atoms with Gasteiger partial charge in [-0.3, -0.25) is 4.90 Å². The third-order valence-electron chi connectivity index (χ3n) is 4.30. The zero-order valence-electron chi connectivity index (χ0n) is 12.1. The van der Waals surface area contributed by atoms with E-state index in [-0.39, 0.29) is 12.6 Å². The lowest BCUT2D eigenvalue weighted by Crippen LogP contribution is -2.34. The van der Waals surface area contributed by atoms with Gasteiger partial charge in [-0.1, -0.05) is 0 Å². The van der Waals surface area contributed by atoms with Crippen molar-refractivity contribution in [2.75, 3.05) is 19.3 Å². The molecular formula is C16H20F2N2S. The van der Waals surface area contributed by atoms with Gasteiger partial charge in [-0.05, 0) is 55.8 Å². The molecule has 0 unspecified atom stereocenters.